The number of aromatic carboxylic acids is 1. The van der Waals surface area contributed by atoms with E-state index in [0.29, 0.717) is 17.2 Å². The number of carbonyl (C=O) groups is 2. The van der Waals surface area contributed by atoms with E-state index in [1.807, 2.05) is 11.4 Å². The Bertz CT molecular complexity index is 575. The Balaban J connectivity index is 2.39. The number of hydrogen-bond acceptors (Lipinski definition) is 5. The second-order valence-corrected chi connectivity index (χ2v) is 5.33. The van der Waals surface area contributed by atoms with Crippen LogP contribution in [-0.4, -0.2) is 22.0 Å². The van der Waals surface area contributed by atoms with Crippen LogP contribution in [0.5, 0.6) is 0 Å². The van der Waals surface area contributed by atoms with E-state index < -0.39 is 5.97 Å². The summed E-state index contributed by atoms with van der Waals surface area (Å²) >= 11 is 2.39. The van der Waals surface area contributed by atoms with E-state index in [0.717, 1.165) is 16.2 Å². The molecule has 2 N–H and O–H groups in total. The molecule has 0 radical (unpaired) electrons. The number of carboxylic acids is 1. The predicted molar refractivity (Wildman–Crippen MR) is 71.3 cm³/mol. The third kappa shape index (κ3) is 2.57. The van der Waals surface area contributed by atoms with Crippen molar-refractivity contribution >= 4 is 39.7 Å². The predicted octanol–water partition coefficient (Wildman–Crippen LogP) is 2.92. The van der Waals surface area contributed by atoms with Crippen LogP contribution in [0.15, 0.2) is 17.5 Å². The molecule has 7 heteroatoms. The summed E-state index contributed by atoms with van der Waals surface area (Å²) in [5, 5.41) is 13.9. The molecule has 2 heterocycles. The number of nitrogens with zero attached hydrogens (tertiary/aromatic N) is 1. The Hall–Kier alpha value is -1.73. The van der Waals surface area contributed by atoms with Gasteiger partial charge in [0, 0.05) is 6.42 Å². The van der Waals surface area contributed by atoms with Crippen LogP contribution in [-0.2, 0) is 4.79 Å². The van der Waals surface area contributed by atoms with E-state index in [9.17, 15) is 9.59 Å². The maximum Gasteiger partial charge on any atom is 0.348 e. The van der Waals surface area contributed by atoms with E-state index in [4.69, 9.17) is 5.11 Å². The molecule has 2 aromatic heterocycles. The van der Waals surface area contributed by atoms with Crippen LogP contribution < -0.4 is 5.32 Å². The summed E-state index contributed by atoms with van der Waals surface area (Å²) in [4.78, 5) is 27.5. The van der Waals surface area contributed by atoms with Crippen molar-refractivity contribution in [2.24, 2.45) is 0 Å². The van der Waals surface area contributed by atoms with Gasteiger partial charge in [-0.2, -0.15) is 0 Å². The van der Waals surface area contributed by atoms with Crippen molar-refractivity contribution in [3.63, 3.8) is 0 Å². The van der Waals surface area contributed by atoms with Crippen molar-refractivity contribution in [2.75, 3.05) is 5.32 Å². The summed E-state index contributed by atoms with van der Waals surface area (Å²) < 4.78 is 0. The van der Waals surface area contributed by atoms with Gasteiger partial charge in [0.25, 0.3) is 0 Å². The molecule has 18 heavy (non-hydrogen) atoms. The van der Waals surface area contributed by atoms with Crippen molar-refractivity contribution < 1.29 is 14.7 Å². The van der Waals surface area contributed by atoms with Crippen molar-refractivity contribution in [3.05, 3.63) is 22.4 Å². The van der Waals surface area contributed by atoms with Gasteiger partial charge in [-0.3, -0.25) is 4.79 Å². The van der Waals surface area contributed by atoms with Crippen LogP contribution in [0.2, 0.25) is 0 Å². The standard InChI is InChI=1S/C11H10N2O3S2/c1-2-7(14)12-11-13-8(6-4-3-5-17-6)9(18-11)10(15)16/h3-5H,2H2,1H3,(H,15,16)(H,12,13,14). The van der Waals surface area contributed by atoms with Crippen molar-refractivity contribution in [1.82, 2.24) is 4.98 Å². The lowest BCUT2D eigenvalue weighted by atomic mass is 10.3. The molecule has 0 unspecified atom stereocenters. The van der Waals surface area contributed by atoms with Gasteiger partial charge in [-0.05, 0) is 11.4 Å². The quantitative estimate of drug-likeness (QED) is 0.903. The molecule has 0 aliphatic rings. The third-order valence-corrected chi connectivity index (χ3v) is 3.98. The average molecular weight is 282 g/mol. The summed E-state index contributed by atoms with van der Waals surface area (Å²) in [6, 6.07) is 3.63. The minimum absolute atomic E-state index is 0.142. The number of anilines is 1. The van der Waals surface area contributed by atoms with Crippen LogP contribution in [0.1, 0.15) is 23.0 Å². The van der Waals surface area contributed by atoms with E-state index in [2.05, 4.69) is 10.3 Å². The minimum atomic E-state index is -1.03. The molecule has 0 saturated carbocycles. The average Bonchev–Trinajstić information content (AvgIpc) is 2.95. The smallest absolute Gasteiger partial charge is 0.348 e. The maximum absolute atomic E-state index is 11.3. The molecule has 94 valence electrons. The molecular weight excluding hydrogens is 272 g/mol. The number of nitrogens with one attached hydrogen (secondary N) is 1. The van der Waals surface area contributed by atoms with Gasteiger partial charge in [0.1, 0.15) is 10.6 Å². The fraction of sp³-hybridized carbons (Fsp3) is 0.182. The summed E-state index contributed by atoms with van der Waals surface area (Å²) in [5.74, 6) is -1.22. The van der Waals surface area contributed by atoms with E-state index in [1.54, 1.807) is 13.0 Å². The molecule has 1 amide bonds. The number of aromatic nitrogens is 1. The van der Waals surface area contributed by atoms with Crippen LogP contribution in [0.25, 0.3) is 10.6 Å². The summed E-state index contributed by atoms with van der Waals surface area (Å²) in [7, 11) is 0. The molecule has 0 aromatic carbocycles. The third-order valence-electron chi connectivity index (χ3n) is 2.14. The zero-order valence-electron chi connectivity index (χ0n) is 9.47. The number of carboxylic acid groups (broad SMARTS) is 1. The summed E-state index contributed by atoms with van der Waals surface area (Å²) in [5.41, 5.74) is 0.411. The number of hydrogen-bond donors (Lipinski definition) is 2. The van der Waals surface area contributed by atoms with Gasteiger partial charge in [-0.1, -0.05) is 24.3 Å². The zero-order valence-corrected chi connectivity index (χ0v) is 11.1. The molecule has 0 fully saturated rings. The van der Waals surface area contributed by atoms with Crippen molar-refractivity contribution in [2.45, 2.75) is 13.3 Å². The van der Waals surface area contributed by atoms with Gasteiger partial charge in [-0.25, -0.2) is 9.78 Å². The molecule has 0 saturated heterocycles. The van der Waals surface area contributed by atoms with Crippen LogP contribution in [0.4, 0.5) is 5.13 Å². The fourth-order valence-electron chi connectivity index (χ4n) is 1.31. The molecule has 2 aromatic rings. The normalized spacial score (nSPS) is 10.3. The van der Waals surface area contributed by atoms with Crippen LogP contribution in [0, 0.1) is 0 Å². The SMILES string of the molecule is CCC(=O)Nc1nc(-c2cccs2)c(C(=O)O)s1. The number of carbonyl (C=O) groups excluding carboxylic acids is 1. The highest BCUT2D eigenvalue weighted by Crippen LogP contribution is 2.33. The number of rotatable bonds is 4. The van der Waals surface area contributed by atoms with E-state index >= 15 is 0 Å². The minimum Gasteiger partial charge on any atom is -0.477 e. The molecule has 2 rings (SSSR count). The molecule has 5 nitrogen and oxygen atoms in total. The largest absolute Gasteiger partial charge is 0.477 e. The Kier molecular flexibility index (Phi) is 3.73. The molecule has 0 aliphatic heterocycles. The Morgan fingerprint density at radius 2 is 2.28 bits per heavy atom. The van der Waals surface area contributed by atoms with Gasteiger partial charge in [-0.15, -0.1) is 11.3 Å². The summed E-state index contributed by atoms with van der Waals surface area (Å²) in [6.07, 6.45) is 0.330. The Morgan fingerprint density at radius 3 is 2.83 bits per heavy atom. The Labute approximate surface area is 111 Å². The van der Waals surface area contributed by atoms with E-state index in [1.165, 1.54) is 11.3 Å². The Morgan fingerprint density at radius 1 is 1.50 bits per heavy atom. The molecule has 0 spiro atoms. The van der Waals surface area contributed by atoms with Gasteiger partial charge in [0.15, 0.2) is 5.13 Å². The van der Waals surface area contributed by atoms with Gasteiger partial charge in [0.05, 0.1) is 4.88 Å². The zero-order chi connectivity index (χ0) is 13.1. The maximum atomic E-state index is 11.3. The topological polar surface area (TPSA) is 79.3 Å². The molecular formula is C11H10N2O3S2. The van der Waals surface area contributed by atoms with Crippen molar-refractivity contribution in [1.29, 1.82) is 0 Å². The number of thiophene rings is 1. The van der Waals surface area contributed by atoms with Crippen LogP contribution >= 0.6 is 22.7 Å². The highest BCUT2D eigenvalue weighted by atomic mass is 32.1. The lowest BCUT2D eigenvalue weighted by Gasteiger charge is -1.95. The number of thiazole rings is 1. The first-order valence-electron chi connectivity index (χ1n) is 5.19. The van der Waals surface area contributed by atoms with Gasteiger partial charge >= 0.3 is 5.97 Å². The van der Waals surface area contributed by atoms with Crippen LogP contribution in [0.3, 0.4) is 0 Å². The number of amides is 1. The fourth-order valence-corrected chi connectivity index (χ4v) is 2.93. The lowest BCUT2D eigenvalue weighted by molar-refractivity contribution is -0.115. The molecule has 0 bridgehead atoms. The first-order valence-corrected chi connectivity index (χ1v) is 6.89. The molecule has 0 aliphatic carbocycles. The highest BCUT2D eigenvalue weighted by molar-refractivity contribution is 7.19. The highest BCUT2D eigenvalue weighted by Gasteiger charge is 2.20. The van der Waals surface area contributed by atoms with E-state index in [-0.39, 0.29) is 10.8 Å². The second-order valence-electron chi connectivity index (χ2n) is 3.38. The molecule has 0 atom stereocenters. The van der Waals surface area contributed by atoms with Gasteiger partial charge in [0.2, 0.25) is 5.91 Å². The van der Waals surface area contributed by atoms with Crippen molar-refractivity contribution in [3.8, 4) is 10.6 Å². The second kappa shape index (κ2) is 5.28. The first-order chi connectivity index (χ1) is 8.61. The monoisotopic (exact) mass is 282 g/mol. The summed E-state index contributed by atoms with van der Waals surface area (Å²) in [6.45, 7) is 1.72. The lowest BCUT2D eigenvalue weighted by Crippen LogP contribution is -2.08. The first kappa shape index (κ1) is 12.7. The van der Waals surface area contributed by atoms with Gasteiger partial charge < -0.3 is 10.4 Å².